The van der Waals surface area contributed by atoms with Crippen LogP contribution in [0.2, 0.25) is 0 Å². The molecule has 1 N–H and O–H groups in total. The van der Waals surface area contributed by atoms with Crippen LogP contribution in [-0.4, -0.2) is 41.2 Å². The summed E-state index contributed by atoms with van der Waals surface area (Å²) in [5, 5.41) is 3.12. The van der Waals surface area contributed by atoms with Crippen LogP contribution in [0.1, 0.15) is 78.4 Å². The van der Waals surface area contributed by atoms with Gasteiger partial charge >= 0.3 is 0 Å². The second-order valence-electron chi connectivity index (χ2n) is 8.54. The van der Waals surface area contributed by atoms with Crippen LogP contribution in [0.15, 0.2) is 36.5 Å². The second kappa shape index (κ2) is 9.44. The highest BCUT2D eigenvalue weighted by Crippen LogP contribution is 2.36. The maximum absolute atomic E-state index is 13.3. The number of nitrogens with one attached hydrogen (secondary N) is 1. The Bertz CT molecular complexity index is 1020. The molecule has 0 unspecified atom stereocenters. The molecule has 1 saturated heterocycles. The van der Waals surface area contributed by atoms with Gasteiger partial charge in [0.05, 0.1) is 23.1 Å². The zero-order valence-electron chi connectivity index (χ0n) is 18.0. The fraction of sp³-hybridized carbons (Fsp3) is 0.522. The topological polar surface area (TPSA) is 92.3 Å². The first-order valence-corrected chi connectivity index (χ1v) is 12.7. The number of hydrogen-bond donors (Lipinski definition) is 1. The van der Waals surface area contributed by atoms with Crippen LogP contribution in [-0.2, 0) is 15.8 Å². The zero-order valence-corrected chi connectivity index (χ0v) is 18.8. The molecule has 2 aliphatic rings. The van der Waals surface area contributed by atoms with Crippen molar-refractivity contribution in [3.05, 3.63) is 59.2 Å². The molecule has 1 amide bonds. The Morgan fingerprint density at radius 1 is 1.10 bits per heavy atom. The van der Waals surface area contributed by atoms with E-state index in [1.807, 2.05) is 30.3 Å². The van der Waals surface area contributed by atoms with Crippen molar-refractivity contribution in [2.24, 2.45) is 0 Å². The van der Waals surface area contributed by atoms with Crippen LogP contribution in [0.3, 0.4) is 0 Å². The molecule has 0 spiro atoms. The standard InChI is InChI=1S/C23H30N4O3S/c1-17-24-15-20(23(28)26-19-11-6-3-7-12-19)22(25-17)21-13-8-14-27(21)31(29,30)16-18-9-4-2-5-10-18/h2,4-5,9-10,15,19,21H,3,6-8,11-14,16H2,1H3,(H,26,28)/t21-/m0/s1. The minimum atomic E-state index is -3.55. The van der Waals surface area contributed by atoms with Crippen molar-refractivity contribution in [2.45, 2.75) is 69.7 Å². The van der Waals surface area contributed by atoms with Gasteiger partial charge in [0.25, 0.3) is 5.91 Å². The number of carbonyl (C=O) groups is 1. The molecular formula is C23H30N4O3S. The van der Waals surface area contributed by atoms with Crippen LogP contribution in [0.25, 0.3) is 0 Å². The van der Waals surface area contributed by atoms with E-state index in [1.165, 1.54) is 10.7 Å². The summed E-state index contributed by atoms with van der Waals surface area (Å²) >= 11 is 0. The first-order valence-electron chi connectivity index (χ1n) is 11.1. The van der Waals surface area contributed by atoms with Gasteiger partial charge in [-0.2, -0.15) is 4.31 Å². The summed E-state index contributed by atoms with van der Waals surface area (Å²) in [4.78, 5) is 21.9. The molecule has 2 aromatic rings. The molecule has 166 valence electrons. The number of hydrogen-bond acceptors (Lipinski definition) is 5. The van der Waals surface area contributed by atoms with E-state index >= 15 is 0 Å². The van der Waals surface area contributed by atoms with E-state index in [9.17, 15) is 13.2 Å². The van der Waals surface area contributed by atoms with E-state index in [-0.39, 0.29) is 17.7 Å². The van der Waals surface area contributed by atoms with Crippen molar-refractivity contribution in [2.75, 3.05) is 6.54 Å². The van der Waals surface area contributed by atoms with Gasteiger partial charge in [0, 0.05) is 18.8 Å². The molecule has 31 heavy (non-hydrogen) atoms. The van der Waals surface area contributed by atoms with E-state index in [0.29, 0.717) is 30.0 Å². The Labute approximate surface area is 184 Å². The van der Waals surface area contributed by atoms with E-state index in [2.05, 4.69) is 15.3 Å². The summed E-state index contributed by atoms with van der Waals surface area (Å²) in [5.41, 5.74) is 1.67. The van der Waals surface area contributed by atoms with Crippen molar-refractivity contribution < 1.29 is 13.2 Å². The first kappa shape index (κ1) is 21.9. The first-order chi connectivity index (χ1) is 14.9. The van der Waals surface area contributed by atoms with Gasteiger partial charge in [-0.05, 0) is 38.2 Å². The summed E-state index contributed by atoms with van der Waals surface area (Å²) in [6, 6.07) is 8.91. The summed E-state index contributed by atoms with van der Waals surface area (Å²) in [6.45, 7) is 2.21. The molecule has 2 fully saturated rings. The Balaban J connectivity index is 1.60. The summed E-state index contributed by atoms with van der Waals surface area (Å²) < 4.78 is 28.0. The quantitative estimate of drug-likeness (QED) is 0.739. The predicted octanol–water partition coefficient (Wildman–Crippen LogP) is 3.51. The number of sulfonamides is 1. The van der Waals surface area contributed by atoms with E-state index in [4.69, 9.17) is 0 Å². The lowest BCUT2D eigenvalue weighted by atomic mass is 9.95. The molecule has 1 aromatic carbocycles. The Kier molecular flexibility index (Phi) is 6.67. The number of aryl methyl sites for hydroxylation is 1. The van der Waals surface area contributed by atoms with Crippen molar-refractivity contribution in [1.82, 2.24) is 19.6 Å². The van der Waals surface area contributed by atoms with Gasteiger partial charge in [0.1, 0.15) is 5.82 Å². The highest BCUT2D eigenvalue weighted by molar-refractivity contribution is 7.88. The smallest absolute Gasteiger partial charge is 0.254 e. The van der Waals surface area contributed by atoms with Crippen molar-refractivity contribution in [3.8, 4) is 0 Å². The van der Waals surface area contributed by atoms with Gasteiger partial charge < -0.3 is 5.32 Å². The molecule has 1 saturated carbocycles. The third kappa shape index (κ3) is 5.13. The minimum absolute atomic E-state index is 0.0575. The molecule has 1 aliphatic carbocycles. The maximum atomic E-state index is 13.3. The predicted molar refractivity (Wildman–Crippen MR) is 119 cm³/mol. The van der Waals surface area contributed by atoms with Crippen molar-refractivity contribution in [1.29, 1.82) is 0 Å². The highest BCUT2D eigenvalue weighted by atomic mass is 32.2. The Morgan fingerprint density at radius 3 is 2.58 bits per heavy atom. The summed E-state index contributed by atoms with van der Waals surface area (Å²) in [6.07, 6.45) is 8.35. The van der Waals surface area contributed by atoms with E-state index in [0.717, 1.165) is 37.7 Å². The average molecular weight is 443 g/mol. The molecule has 1 aromatic heterocycles. The molecule has 1 aliphatic heterocycles. The van der Waals surface area contributed by atoms with Crippen LogP contribution in [0.4, 0.5) is 0 Å². The van der Waals surface area contributed by atoms with Crippen molar-refractivity contribution in [3.63, 3.8) is 0 Å². The minimum Gasteiger partial charge on any atom is -0.349 e. The van der Waals surface area contributed by atoms with Crippen LogP contribution < -0.4 is 5.32 Å². The van der Waals surface area contributed by atoms with Crippen LogP contribution in [0, 0.1) is 6.92 Å². The van der Waals surface area contributed by atoms with Gasteiger partial charge in [-0.25, -0.2) is 18.4 Å². The largest absolute Gasteiger partial charge is 0.349 e. The third-order valence-electron chi connectivity index (χ3n) is 6.19. The van der Waals surface area contributed by atoms with Crippen LogP contribution in [0.5, 0.6) is 0 Å². The average Bonchev–Trinajstić information content (AvgIpc) is 3.26. The van der Waals surface area contributed by atoms with Gasteiger partial charge in [-0.15, -0.1) is 0 Å². The monoisotopic (exact) mass is 442 g/mol. The fourth-order valence-electron chi connectivity index (χ4n) is 4.64. The lowest BCUT2D eigenvalue weighted by Gasteiger charge is -2.26. The van der Waals surface area contributed by atoms with Crippen LogP contribution >= 0.6 is 0 Å². The van der Waals surface area contributed by atoms with Crippen molar-refractivity contribution >= 4 is 15.9 Å². The molecule has 4 rings (SSSR count). The molecular weight excluding hydrogens is 412 g/mol. The Morgan fingerprint density at radius 2 is 1.84 bits per heavy atom. The molecule has 1 atom stereocenters. The summed E-state index contributed by atoms with van der Waals surface area (Å²) in [5.74, 6) is 0.281. The lowest BCUT2D eigenvalue weighted by Crippen LogP contribution is -2.38. The van der Waals surface area contributed by atoms with E-state index < -0.39 is 16.1 Å². The summed E-state index contributed by atoms with van der Waals surface area (Å²) in [7, 11) is -3.55. The van der Waals surface area contributed by atoms with Gasteiger partial charge in [-0.3, -0.25) is 4.79 Å². The molecule has 7 nitrogen and oxygen atoms in total. The third-order valence-corrected chi connectivity index (χ3v) is 8.04. The fourth-order valence-corrected chi connectivity index (χ4v) is 6.42. The normalized spacial score (nSPS) is 20.6. The molecule has 0 radical (unpaired) electrons. The molecule has 8 heteroatoms. The second-order valence-corrected chi connectivity index (χ2v) is 10.5. The molecule has 2 heterocycles. The SMILES string of the molecule is Cc1ncc(C(=O)NC2CCCCC2)c([C@@H]2CCCN2S(=O)(=O)Cc2ccccc2)n1. The van der Waals surface area contributed by atoms with Gasteiger partial charge in [0.15, 0.2) is 0 Å². The van der Waals surface area contributed by atoms with E-state index in [1.54, 1.807) is 13.1 Å². The maximum Gasteiger partial charge on any atom is 0.254 e. The van der Waals surface area contributed by atoms with Gasteiger partial charge in [-0.1, -0.05) is 49.6 Å². The zero-order chi connectivity index (χ0) is 21.8. The van der Waals surface area contributed by atoms with Gasteiger partial charge in [0.2, 0.25) is 10.0 Å². The number of amides is 1. The molecule has 0 bridgehead atoms. The Hall–Kier alpha value is -2.32. The number of benzene rings is 1. The number of nitrogens with zero attached hydrogens (tertiary/aromatic N) is 3. The highest BCUT2D eigenvalue weighted by Gasteiger charge is 2.38. The number of rotatable bonds is 6. The number of carbonyl (C=O) groups excluding carboxylic acids is 1. The lowest BCUT2D eigenvalue weighted by molar-refractivity contribution is 0.0924. The number of aromatic nitrogens is 2.